The highest BCUT2D eigenvalue weighted by molar-refractivity contribution is 5.74. The smallest absolute Gasteiger partial charge is 0.107 e. The zero-order valence-electron chi connectivity index (χ0n) is 11.2. The van der Waals surface area contributed by atoms with Crippen molar-refractivity contribution in [1.29, 1.82) is 0 Å². The van der Waals surface area contributed by atoms with E-state index in [0.717, 1.165) is 42.8 Å². The average molecular weight is 245 g/mol. The molecule has 0 bridgehead atoms. The Morgan fingerprint density at radius 1 is 1.11 bits per heavy atom. The van der Waals surface area contributed by atoms with Crippen LogP contribution < -0.4 is 5.32 Å². The Morgan fingerprint density at radius 2 is 1.94 bits per heavy atom. The first-order valence-corrected chi connectivity index (χ1v) is 7.04. The molecule has 2 N–H and O–H groups in total. The second-order valence-corrected chi connectivity index (χ2v) is 4.76. The highest BCUT2D eigenvalue weighted by atomic mass is 14.9. The van der Waals surface area contributed by atoms with Gasteiger partial charge in [-0.25, -0.2) is 4.98 Å². The van der Waals surface area contributed by atoms with Gasteiger partial charge in [-0.15, -0.1) is 0 Å². The lowest BCUT2D eigenvalue weighted by Crippen LogP contribution is -2.17. The third-order valence-corrected chi connectivity index (χ3v) is 3.16. The van der Waals surface area contributed by atoms with Gasteiger partial charge in [-0.05, 0) is 38.1 Å². The van der Waals surface area contributed by atoms with Crippen LogP contribution in [-0.2, 0) is 6.42 Å². The first kappa shape index (κ1) is 13.1. The molecule has 18 heavy (non-hydrogen) atoms. The lowest BCUT2D eigenvalue weighted by Gasteiger charge is -2.02. The number of hydrogen-bond acceptors (Lipinski definition) is 2. The van der Waals surface area contributed by atoms with Gasteiger partial charge in [-0.1, -0.05) is 31.9 Å². The summed E-state index contributed by atoms with van der Waals surface area (Å²) in [6.45, 7) is 4.47. The molecule has 0 atom stereocenters. The number of nitrogens with one attached hydrogen (secondary N) is 2. The highest BCUT2D eigenvalue weighted by Gasteiger charge is 2.00. The summed E-state index contributed by atoms with van der Waals surface area (Å²) < 4.78 is 0. The van der Waals surface area contributed by atoms with Crippen molar-refractivity contribution in [1.82, 2.24) is 15.3 Å². The molecule has 0 saturated heterocycles. The van der Waals surface area contributed by atoms with Gasteiger partial charge < -0.3 is 10.3 Å². The van der Waals surface area contributed by atoms with Crippen molar-refractivity contribution in [3.05, 3.63) is 30.1 Å². The number of aromatic nitrogens is 2. The average Bonchev–Trinajstić information content (AvgIpc) is 2.80. The molecular formula is C15H23N3. The molecule has 0 unspecified atom stereocenters. The lowest BCUT2D eigenvalue weighted by atomic mass is 10.2. The van der Waals surface area contributed by atoms with E-state index in [4.69, 9.17) is 0 Å². The van der Waals surface area contributed by atoms with Gasteiger partial charge in [-0.3, -0.25) is 0 Å². The fourth-order valence-electron chi connectivity index (χ4n) is 2.13. The second kappa shape index (κ2) is 7.17. The molecule has 0 amide bonds. The number of rotatable bonds is 8. The summed E-state index contributed by atoms with van der Waals surface area (Å²) in [6, 6.07) is 8.20. The Kier molecular flexibility index (Phi) is 5.21. The van der Waals surface area contributed by atoms with Crippen molar-refractivity contribution in [3.63, 3.8) is 0 Å². The van der Waals surface area contributed by atoms with E-state index >= 15 is 0 Å². The highest BCUT2D eigenvalue weighted by Crippen LogP contribution is 2.10. The number of para-hydroxylation sites is 2. The second-order valence-electron chi connectivity index (χ2n) is 4.76. The Labute approximate surface area is 109 Å². The molecule has 2 aromatic rings. The molecule has 2 rings (SSSR count). The predicted molar refractivity (Wildman–Crippen MR) is 76.8 cm³/mol. The van der Waals surface area contributed by atoms with Gasteiger partial charge in [0.2, 0.25) is 0 Å². The van der Waals surface area contributed by atoms with Gasteiger partial charge >= 0.3 is 0 Å². The molecule has 0 aliphatic heterocycles. The maximum atomic E-state index is 4.58. The van der Waals surface area contributed by atoms with Crippen LogP contribution in [0.2, 0.25) is 0 Å². The summed E-state index contributed by atoms with van der Waals surface area (Å²) in [5.41, 5.74) is 2.21. The SMILES string of the molecule is CCCCCNCCCc1nc2ccccc2[nH]1. The number of nitrogens with zero attached hydrogens (tertiary/aromatic N) is 1. The van der Waals surface area contributed by atoms with Crippen LogP contribution in [0.4, 0.5) is 0 Å². The maximum absolute atomic E-state index is 4.58. The minimum Gasteiger partial charge on any atom is -0.342 e. The molecule has 1 aromatic carbocycles. The van der Waals surface area contributed by atoms with Gasteiger partial charge in [0.15, 0.2) is 0 Å². The number of aromatic amines is 1. The Morgan fingerprint density at radius 3 is 2.78 bits per heavy atom. The molecular weight excluding hydrogens is 222 g/mol. The number of hydrogen-bond donors (Lipinski definition) is 2. The van der Waals surface area contributed by atoms with Crippen molar-refractivity contribution in [2.75, 3.05) is 13.1 Å². The van der Waals surface area contributed by atoms with Crippen molar-refractivity contribution >= 4 is 11.0 Å². The molecule has 1 aromatic heterocycles. The fourth-order valence-corrected chi connectivity index (χ4v) is 2.13. The van der Waals surface area contributed by atoms with Crippen molar-refractivity contribution < 1.29 is 0 Å². The summed E-state index contributed by atoms with van der Waals surface area (Å²) in [5, 5.41) is 3.48. The molecule has 0 saturated carbocycles. The summed E-state index contributed by atoms with van der Waals surface area (Å²) in [7, 11) is 0. The molecule has 1 heterocycles. The lowest BCUT2D eigenvalue weighted by molar-refractivity contribution is 0.596. The van der Waals surface area contributed by atoms with E-state index in [9.17, 15) is 0 Å². The van der Waals surface area contributed by atoms with Crippen LogP contribution >= 0.6 is 0 Å². The summed E-state index contributed by atoms with van der Waals surface area (Å²) in [4.78, 5) is 7.94. The zero-order chi connectivity index (χ0) is 12.6. The van der Waals surface area contributed by atoms with Crippen LogP contribution in [0.3, 0.4) is 0 Å². The number of imidazole rings is 1. The first-order chi connectivity index (χ1) is 8.90. The van der Waals surface area contributed by atoms with Gasteiger partial charge in [0.25, 0.3) is 0 Å². The fraction of sp³-hybridized carbons (Fsp3) is 0.533. The van der Waals surface area contributed by atoms with Gasteiger partial charge in [0, 0.05) is 6.42 Å². The number of fused-ring (bicyclic) bond motifs is 1. The minimum absolute atomic E-state index is 1.02. The predicted octanol–water partition coefficient (Wildman–Crippen LogP) is 3.28. The third kappa shape index (κ3) is 3.84. The minimum atomic E-state index is 1.02. The Balaban J connectivity index is 1.67. The normalized spacial score (nSPS) is 11.2. The standard InChI is InChI=1S/C15H23N3/c1-2-3-6-11-16-12-7-10-15-17-13-8-4-5-9-14(13)18-15/h4-5,8-9,16H,2-3,6-7,10-12H2,1H3,(H,17,18). The summed E-state index contributed by atoms with van der Waals surface area (Å²) in [5.74, 6) is 1.10. The zero-order valence-corrected chi connectivity index (χ0v) is 11.2. The summed E-state index contributed by atoms with van der Waals surface area (Å²) in [6.07, 6.45) is 6.08. The molecule has 3 heteroatoms. The molecule has 98 valence electrons. The molecule has 0 fully saturated rings. The van der Waals surface area contributed by atoms with E-state index in [0.29, 0.717) is 0 Å². The van der Waals surface area contributed by atoms with E-state index in [2.05, 4.69) is 34.3 Å². The molecule has 0 aliphatic rings. The van der Waals surface area contributed by atoms with Crippen molar-refractivity contribution in [2.24, 2.45) is 0 Å². The third-order valence-electron chi connectivity index (χ3n) is 3.16. The largest absolute Gasteiger partial charge is 0.342 e. The quantitative estimate of drug-likeness (QED) is 0.701. The van der Waals surface area contributed by atoms with Crippen LogP contribution in [0.1, 0.15) is 38.4 Å². The Hall–Kier alpha value is -1.35. The van der Waals surface area contributed by atoms with Crippen LogP contribution in [-0.4, -0.2) is 23.1 Å². The number of H-pyrrole nitrogens is 1. The van der Waals surface area contributed by atoms with Crippen molar-refractivity contribution in [3.8, 4) is 0 Å². The topological polar surface area (TPSA) is 40.7 Å². The molecule has 0 radical (unpaired) electrons. The number of aryl methyl sites for hydroxylation is 1. The van der Waals surface area contributed by atoms with Gasteiger partial charge in [-0.2, -0.15) is 0 Å². The van der Waals surface area contributed by atoms with Crippen LogP contribution in [0, 0.1) is 0 Å². The van der Waals surface area contributed by atoms with Crippen molar-refractivity contribution in [2.45, 2.75) is 39.0 Å². The molecule has 0 spiro atoms. The summed E-state index contributed by atoms with van der Waals surface area (Å²) >= 11 is 0. The first-order valence-electron chi connectivity index (χ1n) is 7.04. The molecule has 0 aliphatic carbocycles. The van der Waals surface area contributed by atoms with Crippen LogP contribution in [0.15, 0.2) is 24.3 Å². The van der Waals surface area contributed by atoms with E-state index < -0.39 is 0 Å². The van der Waals surface area contributed by atoms with E-state index in [-0.39, 0.29) is 0 Å². The van der Waals surface area contributed by atoms with Crippen LogP contribution in [0.25, 0.3) is 11.0 Å². The van der Waals surface area contributed by atoms with Gasteiger partial charge in [0.05, 0.1) is 11.0 Å². The Bertz CT molecular complexity index is 428. The molecule has 3 nitrogen and oxygen atoms in total. The monoisotopic (exact) mass is 245 g/mol. The van der Waals surface area contributed by atoms with E-state index in [1.165, 1.54) is 19.3 Å². The van der Waals surface area contributed by atoms with E-state index in [1.807, 2.05) is 12.1 Å². The van der Waals surface area contributed by atoms with E-state index in [1.54, 1.807) is 0 Å². The number of benzene rings is 1. The maximum Gasteiger partial charge on any atom is 0.107 e. The van der Waals surface area contributed by atoms with Gasteiger partial charge in [0.1, 0.15) is 5.82 Å². The van der Waals surface area contributed by atoms with Crippen LogP contribution in [0.5, 0.6) is 0 Å². The number of unbranched alkanes of at least 4 members (excludes halogenated alkanes) is 2.